The molecule has 0 radical (unpaired) electrons. The molecule has 2 amide bonds. The lowest BCUT2D eigenvalue weighted by Gasteiger charge is -2.13. The number of ether oxygens (including phenoxy) is 1. The lowest BCUT2D eigenvalue weighted by molar-refractivity contribution is -0.117. The van der Waals surface area contributed by atoms with E-state index in [1.807, 2.05) is 6.07 Å². The molecule has 0 aliphatic heterocycles. The molecule has 0 unspecified atom stereocenters. The van der Waals surface area contributed by atoms with Crippen molar-refractivity contribution in [3.63, 3.8) is 0 Å². The van der Waals surface area contributed by atoms with Crippen LogP contribution in [0.25, 0.3) is 0 Å². The number of hydrogen-bond donors (Lipinski definition) is 2. The Morgan fingerprint density at radius 2 is 1.96 bits per heavy atom. The lowest BCUT2D eigenvalue weighted by Crippen LogP contribution is -2.27. The van der Waals surface area contributed by atoms with Gasteiger partial charge in [0.05, 0.1) is 11.3 Å². The Hall–Kier alpha value is -1.88. The van der Waals surface area contributed by atoms with Gasteiger partial charge in [-0.3, -0.25) is 9.59 Å². The molecule has 0 heterocycles. The number of hydrogen-bond acceptors (Lipinski definition) is 3. The molecule has 0 bridgehead atoms. The highest BCUT2D eigenvalue weighted by atomic mass is 16.5. The van der Waals surface area contributed by atoms with Gasteiger partial charge in [-0.15, -0.1) is 0 Å². The minimum atomic E-state index is -0.169. The molecular weight excluding hydrogens is 292 g/mol. The summed E-state index contributed by atoms with van der Waals surface area (Å²) in [6.07, 6.45) is 6.02. The van der Waals surface area contributed by atoms with Crippen molar-refractivity contribution >= 4 is 17.5 Å². The molecule has 1 fully saturated rings. The van der Waals surface area contributed by atoms with E-state index in [0.29, 0.717) is 36.7 Å². The largest absolute Gasteiger partial charge is 0.385 e. The summed E-state index contributed by atoms with van der Waals surface area (Å²) in [4.78, 5) is 24.4. The molecule has 126 valence electrons. The Morgan fingerprint density at radius 3 is 2.70 bits per heavy atom. The minimum absolute atomic E-state index is 0.00321. The van der Waals surface area contributed by atoms with E-state index in [0.717, 1.165) is 19.3 Å². The summed E-state index contributed by atoms with van der Waals surface area (Å²) in [5.74, 6) is 0.319. The summed E-state index contributed by atoms with van der Waals surface area (Å²) in [6.45, 7) is 1.16. The van der Waals surface area contributed by atoms with Crippen LogP contribution >= 0.6 is 0 Å². The first-order chi connectivity index (χ1) is 11.2. The van der Waals surface area contributed by atoms with E-state index in [-0.39, 0.29) is 11.8 Å². The van der Waals surface area contributed by atoms with Crippen molar-refractivity contribution in [2.24, 2.45) is 5.92 Å². The van der Waals surface area contributed by atoms with Crippen LogP contribution in [0.4, 0.5) is 5.69 Å². The molecule has 5 heteroatoms. The molecular formula is C18H26N2O3. The maximum atomic E-state index is 12.3. The second-order valence-electron chi connectivity index (χ2n) is 6.05. The van der Waals surface area contributed by atoms with Crippen LogP contribution in [0, 0.1) is 5.92 Å². The fourth-order valence-corrected chi connectivity index (χ4v) is 2.98. The normalized spacial score (nSPS) is 14.7. The second-order valence-corrected chi connectivity index (χ2v) is 6.05. The van der Waals surface area contributed by atoms with Crippen molar-refractivity contribution in [1.82, 2.24) is 5.32 Å². The van der Waals surface area contributed by atoms with Gasteiger partial charge in [0.2, 0.25) is 5.91 Å². The number of rotatable bonds is 8. The fraction of sp³-hybridized carbons (Fsp3) is 0.556. The average molecular weight is 318 g/mol. The summed E-state index contributed by atoms with van der Waals surface area (Å²) in [6, 6.07) is 7.14. The molecule has 0 saturated heterocycles. The number of nitrogens with one attached hydrogen (secondary N) is 2. The number of methoxy groups -OCH3 is 1. The van der Waals surface area contributed by atoms with E-state index in [9.17, 15) is 9.59 Å². The predicted molar refractivity (Wildman–Crippen MR) is 90.5 cm³/mol. The van der Waals surface area contributed by atoms with Crippen molar-refractivity contribution in [2.75, 3.05) is 25.6 Å². The zero-order valence-corrected chi connectivity index (χ0v) is 13.8. The first-order valence-corrected chi connectivity index (χ1v) is 8.36. The highest BCUT2D eigenvalue weighted by Crippen LogP contribution is 2.28. The standard InChI is InChI=1S/C18H26N2O3/c1-23-12-6-11-19-18(22)15-9-4-5-10-16(15)20-17(21)13-14-7-2-3-8-14/h4-5,9-10,14H,2-3,6-8,11-13H2,1H3,(H,19,22)(H,20,21). The molecule has 1 aromatic carbocycles. The Morgan fingerprint density at radius 1 is 1.22 bits per heavy atom. The number of amides is 2. The van der Waals surface area contributed by atoms with Gasteiger partial charge in [0.1, 0.15) is 0 Å². The van der Waals surface area contributed by atoms with Crippen molar-refractivity contribution in [2.45, 2.75) is 38.5 Å². The average Bonchev–Trinajstić information content (AvgIpc) is 3.04. The predicted octanol–water partition coefficient (Wildman–Crippen LogP) is 2.97. The quantitative estimate of drug-likeness (QED) is 0.724. The van der Waals surface area contributed by atoms with Crippen molar-refractivity contribution in [3.05, 3.63) is 29.8 Å². The van der Waals surface area contributed by atoms with Gasteiger partial charge in [-0.1, -0.05) is 25.0 Å². The maximum Gasteiger partial charge on any atom is 0.253 e. The number of anilines is 1. The molecule has 23 heavy (non-hydrogen) atoms. The topological polar surface area (TPSA) is 67.4 Å². The van der Waals surface area contributed by atoms with Gasteiger partial charge < -0.3 is 15.4 Å². The first kappa shape index (κ1) is 17.5. The van der Waals surface area contributed by atoms with Crippen LogP contribution in [0.15, 0.2) is 24.3 Å². The van der Waals surface area contributed by atoms with Crippen LogP contribution < -0.4 is 10.6 Å². The first-order valence-electron chi connectivity index (χ1n) is 8.36. The van der Waals surface area contributed by atoms with E-state index < -0.39 is 0 Å². The van der Waals surface area contributed by atoms with Gasteiger partial charge in [0.25, 0.3) is 5.91 Å². The monoisotopic (exact) mass is 318 g/mol. The molecule has 0 spiro atoms. The summed E-state index contributed by atoms with van der Waals surface area (Å²) in [5.41, 5.74) is 1.09. The number of carbonyl (C=O) groups excluding carboxylic acids is 2. The van der Waals surface area contributed by atoms with Crippen molar-refractivity contribution in [3.8, 4) is 0 Å². The molecule has 5 nitrogen and oxygen atoms in total. The van der Waals surface area contributed by atoms with Crippen LogP contribution in [0.2, 0.25) is 0 Å². The summed E-state index contributed by atoms with van der Waals surface area (Å²) < 4.78 is 4.96. The Bertz CT molecular complexity index is 525. The van der Waals surface area contributed by atoms with Gasteiger partial charge in [-0.05, 0) is 37.3 Å². The second kappa shape index (κ2) is 9.30. The number of carbonyl (C=O) groups is 2. The van der Waals surface area contributed by atoms with Crippen LogP contribution in [0.5, 0.6) is 0 Å². The van der Waals surface area contributed by atoms with E-state index in [2.05, 4.69) is 10.6 Å². The third kappa shape index (κ3) is 5.67. The number of benzene rings is 1. The van der Waals surface area contributed by atoms with Crippen molar-refractivity contribution in [1.29, 1.82) is 0 Å². The Labute approximate surface area is 137 Å². The fourth-order valence-electron chi connectivity index (χ4n) is 2.98. The van der Waals surface area contributed by atoms with Crippen LogP contribution in [0.1, 0.15) is 48.9 Å². The van der Waals surface area contributed by atoms with E-state index >= 15 is 0 Å². The van der Waals surface area contributed by atoms with E-state index in [1.54, 1.807) is 25.3 Å². The smallest absolute Gasteiger partial charge is 0.253 e. The summed E-state index contributed by atoms with van der Waals surface area (Å²) in [5, 5.41) is 5.75. The molecule has 1 aliphatic carbocycles. The van der Waals surface area contributed by atoms with Crippen LogP contribution in [-0.2, 0) is 9.53 Å². The van der Waals surface area contributed by atoms with Gasteiger partial charge in [-0.25, -0.2) is 0 Å². The van der Waals surface area contributed by atoms with E-state index in [4.69, 9.17) is 4.74 Å². The zero-order chi connectivity index (χ0) is 16.5. The van der Waals surface area contributed by atoms with Gasteiger partial charge >= 0.3 is 0 Å². The molecule has 2 N–H and O–H groups in total. The molecule has 1 aromatic rings. The lowest BCUT2D eigenvalue weighted by atomic mass is 10.0. The highest BCUT2D eigenvalue weighted by Gasteiger charge is 2.19. The van der Waals surface area contributed by atoms with Gasteiger partial charge in [0, 0.05) is 26.7 Å². The molecule has 1 saturated carbocycles. The third-order valence-corrected chi connectivity index (χ3v) is 4.21. The van der Waals surface area contributed by atoms with E-state index in [1.165, 1.54) is 12.8 Å². The molecule has 0 atom stereocenters. The Kier molecular flexibility index (Phi) is 7.07. The van der Waals surface area contributed by atoms with Crippen LogP contribution in [-0.4, -0.2) is 32.1 Å². The summed E-state index contributed by atoms with van der Waals surface area (Å²) in [7, 11) is 1.64. The SMILES string of the molecule is COCCCNC(=O)c1ccccc1NC(=O)CC1CCCC1. The molecule has 2 rings (SSSR count). The zero-order valence-electron chi connectivity index (χ0n) is 13.8. The molecule has 0 aromatic heterocycles. The summed E-state index contributed by atoms with van der Waals surface area (Å²) >= 11 is 0. The maximum absolute atomic E-state index is 12.3. The minimum Gasteiger partial charge on any atom is -0.385 e. The third-order valence-electron chi connectivity index (χ3n) is 4.21. The molecule has 1 aliphatic rings. The van der Waals surface area contributed by atoms with Crippen LogP contribution in [0.3, 0.4) is 0 Å². The number of para-hydroxylation sites is 1. The van der Waals surface area contributed by atoms with Gasteiger partial charge in [-0.2, -0.15) is 0 Å². The van der Waals surface area contributed by atoms with Crippen molar-refractivity contribution < 1.29 is 14.3 Å². The van der Waals surface area contributed by atoms with Gasteiger partial charge in [0.15, 0.2) is 0 Å². The highest BCUT2D eigenvalue weighted by molar-refractivity contribution is 6.03. The Balaban J connectivity index is 1.90.